The molecular weight excluding hydrogens is 224 g/mol. The van der Waals surface area contributed by atoms with Crippen molar-refractivity contribution < 1.29 is 4.79 Å². The fourth-order valence-corrected chi connectivity index (χ4v) is 3.15. The van der Waals surface area contributed by atoms with Crippen molar-refractivity contribution in [2.75, 3.05) is 11.9 Å². The van der Waals surface area contributed by atoms with Crippen LogP contribution in [0.4, 0.5) is 5.69 Å². The number of nitrogens with one attached hydrogen (secondary N) is 2. The van der Waals surface area contributed by atoms with Crippen LogP contribution in [0.5, 0.6) is 0 Å². The second kappa shape index (κ2) is 4.39. The quantitative estimate of drug-likeness (QED) is 0.836. The molecule has 3 heteroatoms. The number of amides is 1. The van der Waals surface area contributed by atoms with Crippen molar-refractivity contribution in [1.29, 1.82) is 0 Å². The van der Waals surface area contributed by atoms with Crippen LogP contribution in [0.3, 0.4) is 0 Å². The zero-order chi connectivity index (χ0) is 12.7. The lowest BCUT2D eigenvalue weighted by molar-refractivity contribution is -0.115. The van der Waals surface area contributed by atoms with Crippen molar-refractivity contribution >= 4 is 11.6 Å². The molecule has 2 aliphatic rings. The largest absolute Gasteiger partial charge is 0.325 e. The highest BCUT2D eigenvalue weighted by Gasteiger charge is 2.25. The minimum absolute atomic E-state index is 0.135. The highest BCUT2D eigenvalue weighted by Crippen LogP contribution is 2.33. The van der Waals surface area contributed by atoms with Gasteiger partial charge in [-0.15, -0.1) is 0 Å². The summed E-state index contributed by atoms with van der Waals surface area (Å²) in [6.45, 7) is 5.44. The number of anilines is 1. The molecule has 0 bridgehead atoms. The van der Waals surface area contributed by atoms with Gasteiger partial charge in [-0.25, -0.2) is 0 Å². The lowest BCUT2D eigenvalue weighted by Crippen LogP contribution is -2.24. The number of fused-ring (bicyclic) bond motifs is 1. The van der Waals surface area contributed by atoms with Gasteiger partial charge in [-0.2, -0.15) is 0 Å². The molecule has 0 spiro atoms. The molecule has 2 N–H and O–H groups in total. The van der Waals surface area contributed by atoms with Crippen molar-refractivity contribution in [3.05, 3.63) is 28.3 Å². The molecule has 1 aromatic rings. The zero-order valence-corrected chi connectivity index (χ0v) is 11.1. The van der Waals surface area contributed by atoms with E-state index in [-0.39, 0.29) is 5.91 Å². The summed E-state index contributed by atoms with van der Waals surface area (Å²) in [7, 11) is 0. The molecule has 1 atom stereocenters. The average molecular weight is 244 g/mol. The van der Waals surface area contributed by atoms with Crippen molar-refractivity contribution in [2.24, 2.45) is 0 Å². The molecule has 0 saturated carbocycles. The predicted octanol–water partition coefficient (Wildman–Crippen LogP) is 2.09. The highest BCUT2D eigenvalue weighted by molar-refractivity contribution is 6.00. The van der Waals surface area contributed by atoms with Crippen LogP contribution in [-0.2, 0) is 17.6 Å². The number of aryl methyl sites for hydroxylation is 1. The summed E-state index contributed by atoms with van der Waals surface area (Å²) in [6.07, 6.45) is 4.10. The van der Waals surface area contributed by atoms with Gasteiger partial charge in [0.05, 0.1) is 6.42 Å². The first-order valence-corrected chi connectivity index (χ1v) is 6.80. The summed E-state index contributed by atoms with van der Waals surface area (Å²) in [5.74, 6) is 0.135. The SMILES string of the molecule is Cc1cc2c(c(CC3CCCN3)c1C)NC(=O)C2. The highest BCUT2D eigenvalue weighted by atomic mass is 16.1. The monoisotopic (exact) mass is 244 g/mol. The topological polar surface area (TPSA) is 41.1 Å². The lowest BCUT2D eigenvalue weighted by Gasteiger charge is -2.18. The fraction of sp³-hybridized carbons (Fsp3) is 0.533. The molecule has 1 fully saturated rings. The van der Waals surface area contributed by atoms with E-state index in [1.807, 2.05) is 0 Å². The standard InChI is InChI=1S/C15H20N2O/c1-9-6-11-7-14(18)17-15(11)13(10(9)2)8-12-4-3-5-16-12/h6,12,16H,3-5,7-8H2,1-2H3,(H,17,18). The van der Waals surface area contributed by atoms with Crippen LogP contribution in [0.15, 0.2) is 6.07 Å². The smallest absolute Gasteiger partial charge is 0.228 e. The van der Waals surface area contributed by atoms with E-state index in [9.17, 15) is 4.79 Å². The summed E-state index contributed by atoms with van der Waals surface area (Å²) < 4.78 is 0. The van der Waals surface area contributed by atoms with E-state index in [0.717, 1.165) is 18.7 Å². The van der Waals surface area contributed by atoms with E-state index in [4.69, 9.17) is 0 Å². The van der Waals surface area contributed by atoms with Crippen LogP contribution < -0.4 is 10.6 Å². The molecular formula is C15H20N2O. The van der Waals surface area contributed by atoms with Gasteiger partial charge in [-0.05, 0) is 61.9 Å². The van der Waals surface area contributed by atoms with E-state index >= 15 is 0 Å². The second-order valence-electron chi connectivity index (χ2n) is 5.55. The third kappa shape index (κ3) is 1.93. The van der Waals surface area contributed by atoms with Crippen LogP contribution in [0.1, 0.15) is 35.1 Å². The summed E-state index contributed by atoms with van der Waals surface area (Å²) in [6, 6.07) is 2.74. The molecule has 0 aromatic heterocycles. The van der Waals surface area contributed by atoms with Crippen LogP contribution in [0, 0.1) is 13.8 Å². The maximum absolute atomic E-state index is 11.6. The van der Waals surface area contributed by atoms with Gasteiger partial charge < -0.3 is 10.6 Å². The van der Waals surface area contributed by atoms with Gasteiger partial charge in [-0.1, -0.05) is 6.07 Å². The van der Waals surface area contributed by atoms with E-state index in [2.05, 4.69) is 30.5 Å². The Labute approximate surface area is 108 Å². The molecule has 0 radical (unpaired) electrons. The summed E-state index contributed by atoms with van der Waals surface area (Å²) >= 11 is 0. The van der Waals surface area contributed by atoms with E-state index in [1.54, 1.807) is 0 Å². The summed E-state index contributed by atoms with van der Waals surface area (Å²) in [5.41, 5.74) is 6.26. The Balaban J connectivity index is 1.99. The molecule has 2 heterocycles. The van der Waals surface area contributed by atoms with E-state index in [1.165, 1.54) is 35.1 Å². The van der Waals surface area contributed by atoms with E-state index in [0.29, 0.717) is 12.5 Å². The Hall–Kier alpha value is -1.35. The molecule has 3 rings (SSSR count). The third-order valence-corrected chi connectivity index (χ3v) is 4.29. The van der Waals surface area contributed by atoms with Gasteiger partial charge in [0.2, 0.25) is 5.91 Å². The number of benzene rings is 1. The zero-order valence-electron chi connectivity index (χ0n) is 11.1. The minimum atomic E-state index is 0.135. The number of hydrogen-bond acceptors (Lipinski definition) is 2. The number of hydrogen-bond donors (Lipinski definition) is 2. The Morgan fingerprint density at radius 1 is 1.39 bits per heavy atom. The minimum Gasteiger partial charge on any atom is -0.325 e. The first-order chi connectivity index (χ1) is 8.65. The Bertz CT molecular complexity index is 502. The maximum atomic E-state index is 11.6. The molecule has 1 aromatic carbocycles. The van der Waals surface area contributed by atoms with Crippen LogP contribution in [0.2, 0.25) is 0 Å². The number of rotatable bonds is 2. The van der Waals surface area contributed by atoms with Crippen LogP contribution in [0.25, 0.3) is 0 Å². The van der Waals surface area contributed by atoms with Crippen LogP contribution in [-0.4, -0.2) is 18.5 Å². The number of carbonyl (C=O) groups is 1. The van der Waals surface area contributed by atoms with Gasteiger partial charge in [0.25, 0.3) is 0 Å². The Morgan fingerprint density at radius 3 is 2.94 bits per heavy atom. The molecule has 0 aliphatic carbocycles. The molecule has 18 heavy (non-hydrogen) atoms. The maximum Gasteiger partial charge on any atom is 0.228 e. The van der Waals surface area contributed by atoms with Crippen molar-refractivity contribution in [1.82, 2.24) is 5.32 Å². The Morgan fingerprint density at radius 2 is 2.22 bits per heavy atom. The molecule has 2 aliphatic heterocycles. The van der Waals surface area contributed by atoms with Gasteiger partial charge in [0, 0.05) is 11.7 Å². The normalized spacial score (nSPS) is 22.1. The number of carbonyl (C=O) groups excluding carboxylic acids is 1. The summed E-state index contributed by atoms with van der Waals surface area (Å²) in [5, 5.41) is 6.58. The predicted molar refractivity (Wildman–Crippen MR) is 73.0 cm³/mol. The average Bonchev–Trinajstić information content (AvgIpc) is 2.93. The molecule has 1 amide bonds. The Kier molecular flexibility index (Phi) is 2.86. The molecule has 1 unspecified atom stereocenters. The van der Waals surface area contributed by atoms with Crippen molar-refractivity contribution in [3.8, 4) is 0 Å². The first kappa shape index (κ1) is 11.7. The molecule has 3 nitrogen and oxygen atoms in total. The lowest BCUT2D eigenvalue weighted by atomic mass is 9.92. The van der Waals surface area contributed by atoms with E-state index < -0.39 is 0 Å². The van der Waals surface area contributed by atoms with Gasteiger partial charge >= 0.3 is 0 Å². The molecule has 96 valence electrons. The molecule has 1 saturated heterocycles. The van der Waals surface area contributed by atoms with Gasteiger partial charge in [0.15, 0.2) is 0 Å². The summed E-state index contributed by atoms with van der Waals surface area (Å²) in [4.78, 5) is 11.6. The second-order valence-corrected chi connectivity index (χ2v) is 5.55. The van der Waals surface area contributed by atoms with Crippen molar-refractivity contribution in [3.63, 3.8) is 0 Å². The fourth-order valence-electron chi connectivity index (χ4n) is 3.15. The van der Waals surface area contributed by atoms with Gasteiger partial charge in [0.1, 0.15) is 0 Å². The van der Waals surface area contributed by atoms with Crippen molar-refractivity contribution in [2.45, 2.75) is 45.6 Å². The first-order valence-electron chi connectivity index (χ1n) is 6.80. The van der Waals surface area contributed by atoms with Crippen LogP contribution >= 0.6 is 0 Å². The van der Waals surface area contributed by atoms with Gasteiger partial charge in [-0.3, -0.25) is 4.79 Å². The third-order valence-electron chi connectivity index (χ3n) is 4.29.